The van der Waals surface area contributed by atoms with Gasteiger partial charge in [-0.25, -0.2) is 4.79 Å². The fourth-order valence-corrected chi connectivity index (χ4v) is 2.27. The molecule has 0 atom stereocenters. The standard InChI is InChI=1S/C18H19N3O3S/c1-3-24-17(23)13-4-6-15(7-5-13)20-18(25)21-16-10-8-14(9-11-16)19-12(2)22/h4-11H,3H2,1-2H3,(H,19,22)(H2,20,21,25). The van der Waals surface area contributed by atoms with E-state index < -0.39 is 0 Å². The number of ether oxygens (including phenoxy) is 1. The van der Waals surface area contributed by atoms with Gasteiger partial charge >= 0.3 is 5.97 Å². The van der Waals surface area contributed by atoms with E-state index in [2.05, 4.69) is 16.0 Å². The first-order valence-corrected chi connectivity index (χ1v) is 8.11. The number of benzene rings is 2. The number of anilines is 3. The second-order valence-corrected chi connectivity index (χ2v) is 5.54. The minimum Gasteiger partial charge on any atom is -0.462 e. The quantitative estimate of drug-likeness (QED) is 0.560. The smallest absolute Gasteiger partial charge is 0.338 e. The fourth-order valence-electron chi connectivity index (χ4n) is 2.04. The predicted octanol–water partition coefficient (Wildman–Crippen LogP) is 3.63. The van der Waals surface area contributed by atoms with Crippen molar-refractivity contribution < 1.29 is 14.3 Å². The molecule has 0 aliphatic heterocycles. The van der Waals surface area contributed by atoms with E-state index in [9.17, 15) is 9.59 Å². The topological polar surface area (TPSA) is 79.5 Å². The number of nitrogens with one attached hydrogen (secondary N) is 3. The molecule has 0 spiro atoms. The summed E-state index contributed by atoms with van der Waals surface area (Å²) < 4.78 is 4.94. The first kappa shape index (κ1) is 18.4. The van der Waals surface area contributed by atoms with Gasteiger partial charge in [-0.05, 0) is 67.7 Å². The zero-order valence-corrected chi connectivity index (χ0v) is 14.8. The lowest BCUT2D eigenvalue weighted by molar-refractivity contribution is -0.114. The molecule has 0 bridgehead atoms. The summed E-state index contributed by atoms with van der Waals surface area (Å²) >= 11 is 5.26. The number of carbonyl (C=O) groups excluding carboxylic acids is 2. The van der Waals surface area contributed by atoms with Crippen LogP contribution in [-0.2, 0) is 9.53 Å². The van der Waals surface area contributed by atoms with E-state index >= 15 is 0 Å². The van der Waals surface area contributed by atoms with Crippen molar-refractivity contribution in [1.82, 2.24) is 0 Å². The lowest BCUT2D eigenvalue weighted by atomic mass is 10.2. The molecule has 0 aliphatic carbocycles. The van der Waals surface area contributed by atoms with Gasteiger partial charge in [-0.3, -0.25) is 4.79 Å². The van der Waals surface area contributed by atoms with Crippen molar-refractivity contribution in [2.45, 2.75) is 13.8 Å². The van der Waals surface area contributed by atoms with Crippen LogP contribution in [0.2, 0.25) is 0 Å². The third kappa shape index (κ3) is 5.89. The van der Waals surface area contributed by atoms with Crippen LogP contribution in [0.25, 0.3) is 0 Å². The predicted molar refractivity (Wildman–Crippen MR) is 103 cm³/mol. The highest BCUT2D eigenvalue weighted by atomic mass is 32.1. The molecular weight excluding hydrogens is 338 g/mol. The largest absolute Gasteiger partial charge is 0.462 e. The molecule has 0 aromatic heterocycles. The molecule has 0 aliphatic rings. The molecule has 25 heavy (non-hydrogen) atoms. The molecule has 7 heteroatoms. The molecule has 6 nitrogen and oxygen atoms in total. The van der Waals surface area contributed by atoms with Crippen LogP contribution in [-0.4, -0.2) is 23.6 Å². The van der Waals surface area contributed by atoms with E-state index in [1.165, 1.54) is 6.92 Å². The molecule has 3 N–H and O–H groups in total. The third-order valence-corrected chi connectivity index (χ3v) is 3.32. The average Bonchev–Trinajstić information content (AvgIpc) is 2.57. The van der Waals surface area contributed by atoms with Crippen molar-refractivity contribution in [3.63, 3.8) is 0 Å². The van der Waals surface area contributed by atoms with Gasteiger partial charge in [-0.15, -0.1) is 0 Å². The number of thiocarbonyl (C=S) groups is 1. The molecule has 0 saturated carbocycles. The highest BCUT2D eigenvalue weighted by Gasteiger charge is 2.06. The number of rotatable bonds is 5. The van der Waals surface area contributed by atoms with Crippen LogP contribution in [0.15, 0.2) is 48.5 Å². The van der Waals surface area contributed by atoms with Crippen LogP contribution in [0.4, 0.5) is 17.1 Å². The monoisotopic (exact) mass is 357 g/mol. The zero-order chi connectivity index (χ0) is 18.2. The van der Waals surface area contributed by atoms with Gasteiger partial charge in [-0.2, -0.15) is 0 Å². The Labute approximate surface area is 151 Å². The van der Waals surface area contributed by atoms with Gasteiger partial charge in [0, 0.05) is 24.0 Å². The second kappa shape index (κ2) is 8.79. The summed E-state index contributed by atoms with van der Waals surface area (Å²) in [7, 11) is 0. The molecule has 2 rings (SSSR count). The molecule has 0 unspecified atom stereocenters. The minimum absolute atomic E-state index is 0.121. The van der Waals surface area contributed by atoms with E-state index in [0.29, 0.717) is 23.0 Å². The van der Waals surface area contributed by atoms with Crippen molar-refractivity contribution in [3.05, 3.63) is 54.1 Å². The highest BCUT2D eigenvalue weighted by molar-refractivity contribution is 7.80. The molecule has 0 radical (unpaired) electrons. The van der Waals surface area contributed by atoms with Crippen LogP contribution in [0, 0.1) is 0 Å². The Kier molecular flexibility index (Phi) is 6.47. The van der Waals surface area contributed by atoms with Crippen molar-refractivity contribution in [2.24, 2.45) is 0 Å². The molecule has 0 saturated heterocycles. The van der Waals surface area contributed by atoms with E-state index in [1.807, 2.05) is 12.1 Å². The lowest BCUT2D eigenvalue weighted by Gasteiger charge is -2.11. The summed E-state index contributed by atoms with van der Waals surface area (Å²) in [6, 6.07) is 14.0. The second-order valence-electron chi connectivity index (χ2n) is 5.14. The first-order valence-electron chi connectivity index (χ1n) is 7.71. The molecule has 2 aromatic carbocycles. The van der Waals surface area contributed by atoms with E-state index in [-0.39, 0.29) is 11.9 Å². The number of esters is 1. The molecule has 130 valence electrons. The summed E-state index contributed by atoms with van der Waals surface area (Å²) in [5.41, 5.74) is 2.74. The van der Waals surface area contributed by atoms with Crippen LogP contribution < -0.4 is 16.0 Å². The van der Waals surface area contributed by atoms with Gasteiger partial charge in [0.25, 0.3) is 0 Å². The molecule has 0 heterocycles. The van der Waals surface area contributed by atoms with Crippen LogP contribution >= 0.6 is 12.2 Å². The molecule has 1 amide bonds. The molecular formula is C18H19N3O3S. The maximum absolute atomic E-state index is 11.6. The zero-order valence-electron chi connectivity index (χ0n) is 14.0. The van der Waals surface area contributed by atoms with Gasteiger partial charge in [0.15, 0.2) is 5.11 Å². The Morgan fingerprint density at radius 2 is 1.32 bits per heavy atom. The fraction of sp³-hybridized carbons (Fsp3) is 0.167. The Morgan fingerprint density at radius 1 is 0.880 bits per heavy atom. The maximum atomic E-state index is 11.6. The lowest BCUT2D eigenvalue weighted by Crippen LogP contribution is -2.19. The summed E-state index contributed by atoms with van der Waals surface area (Å²) in [5.74, 6) is -0.474. The van der Waals surface area contributed by atoms with E-state index in [4.69, 9.17) is 17.0 Å². The number of carbonyl (C=O) groups is 2. The Hall–Kier alpha value is -2.93. The van der Waals surface area contributed by atoms with Gasteiger partial charge in [0.1, 0.15) is 0 Å². The summed E-state index contributed by atoms with van der Waals surface area (Å²) in [6.45, 7) is 3.56. The Balaban J connectivity index is 1.91. The average molecular weight is 357 g/mol. The Bertz CT molecular complexity index is 758. The Morgan fingerprint density at radius 3 is 1.76 bits per heavy atom. The summed E-state index contributed by atoms with van der Waals surface area (Å²) in [6.07, 6.45) is 0. The van der Waals surface area contributed by atoms with Crippen molar-refractivity contribution in [1.29, 1.82) is 0 Å². The van der Waals surface area contributed by atoms with E-state index in [0.717, 1.165) is 11.4 Å². The third-order valence-electron chi connectivity index (χ3n) is 3.12. The van der Waals surface area contributed by atoms with Gasteiger partial charge < -0.3 is 20.7 Å². The number of hydrogen-bond donors (Lipinski definition) is 3. The SMILES string of the molecule is CCOC(=O)c1ccc(NC(=S)Nc2ccc(NC(C)=O)cc2)cc1. The van der Waals surface area contributed by atoms with Crippen LogP contribution in [0.1, 0.15) is 24.2 Å². The number of hydrogen-bond acceptors (Lipinski definition) is 4. The van der Waals surface area contributed by atoms with E-state index in [1.54, 1.807) is 43.3 Å². The summed E-state index contributed by atoms with van der Waals surface area (Å²) in [5, 5.41) is 9.19. The number of amides is 1. The van der Waals surface area contributed by atoms with Crippen molar-refractivity contribution >= 4 is 46.3 Å². The van der Waals surface area contributed by atoms with Crippen molar-refractivity contribution in [3.8, 4) is 0 Å². The first-order chi connectivity index (χ1) is 12.0. The molecule has 0 fully saturated rings. The highest BCUT2D eigenvalue weighted by Crippen LogP contribution is 2.15. The van der Waals surface area contributed by atoms with Crippen molar-refractivity contribution in [2.75, 3.05) is 22.6 Å². The maximum Gasteiger partial charge on any atom is 0.338 e. The normalized spacial score (nSPS) is 9.84. The molecule has 2 aromatic rings. The van der Waals surface area contributed by atoms with Gasteiger partial charge in [0.05, 0.1) is 12.2 Å². The van der Waals surface area contributed by atoms with Crippen LogP contribution in [0.3, 0.4) is 0 Å². The minimum atomic E-state index is -0.353. The van der Waals surface area contributed by atoms with Crippen LogP contribution in [0.5, 0.6) is 0 Å². The van der Waals surface area contributed by atoms with Gasteiger partial charge in [-0.1, -0.05) is 0 Å². The summed E-state index contributed by atoms with van der Waals surface area (Å²) in [4.78, 5) is 22.6. The van der Waals surface area contributed by atoms with Gasteiger partial charge in [0.2, 0.25) is 5.91 Å².